The maximum absolute atomic E-state index is 6.44. The highest BCUT2D eigenvalue weighted by molar-refractivity contribution is 7.27. The molecule has 0 spiro atoms. The van der Waals surface area contributed by atoms with Gasteiger partial charge in [0.1, 0.15) is 11.2 Å². The van der Waals surface area contributed by atoms with Crippen molar-refractivity contribution in [3.63, 3.8) is 0 Å². The minimum atomic E-state index is 0.881. The molecule has 0 aliphatic rings. The van der Waals surface area contributed by atoms with E-state index in [-0.39, 0.29) is 0 Å². The van der Waals surface area contributed by atoms with Crippen LogP contribution in [-0.2, 0) is 0 Å². The third-order valence-electron chi connectivity index (χ3n) is 10.3. The van der Waals surface area contributed by atoms with Crippen molar-refractivity contribution in [1.29, 1.82) is 0 Å². The van der Waals surface area contributed by atoms with Gasteiger partial charge in [-0.25, -0.2) is 0 Å². The van der Waals surface area contributed by atoms with E-state index in [2.05, 4.69) is 175 Å². The van der Waals surface area contributed by atoms with Crippen LogP contribution < -0.4 is 4.90 Å². The molecule has 0 fully saturated rings. The van der Waals surface area contributed by atoms with E-state index in [1.807, 2.05) is 28.7 Å². The van der Waals surface area contributed by atoms with E-state index in [0.717, 1.165) is 39.0 Å². The van der Waals surface area contributed by atoms with E-state index >= 15 is 0 Å². The monoisotopic (exact) mass is 699 g/mol. The summed E-state index contributed by atoms with van der Waals surface area (Å²) in [5.74, 6) is 0. The molecular weight excluding hydrogens is 671 g/mol. The molecule has 0 bridgehead atoms. The topological polar surface area (TPSA) is 16.4 Å². The predicted molar refractivity (Wildman–Crippen MR) is 225 cm³/mol. The number of para-hydroxylation sites is 1. The maximum atomic E-state index is 6.44. The molecule has 8 aromatic carbocycles. The fraction of sp³-hybridized carbons (Fsp3) is 0. The molecule has 11 aromatic rings. The Bertz CT molecular complexity index is 3130. The maximum Gasteiger partial charge on any atom is 0.137 e. The molecule has 0 amide bonds. The predicted octanol–water partition coefficient (Wildman–Crippen LogP) is 15.1. The zero-order valence-corrected chi connectivity index (χ0v) is 29.5. The lowest BCUT2D eigenvalue weighted by atomic mass is 10.0. The van der Waals surface area contributed by atoms with Crippen molar-refractivity contribution in [2.75, 3.05) is 4.90 Å². The van der Waals surface area contributed by atoms with Gasteiger partial charge in [-0.3, -0.25) is 0 Å². The molecule has 0 saturated carbocycles. The number of nitrogens with zero attached hydrogens (tertiary/aromatic N) is 1. The summed E-state index contributed by atoms with van der Waals surface area (Å²) < 4.78 is 11.6. The summed E-state index contributed by atoms with van der Waals surface area (Å²) >= 11 is 3.75. The van der Waals surface area contributed by atoms with E-state index in [1.54, 1.807) is 0 Å². The van der Waals surface area contributed by atoms with Gasteiger partial charge >= 0.3 is 0 Å². The Morgan fingerprint density at radius 1 is 0.365 bits per heavy atom. The molecule has 0 aliphatic heterocycles. The first kappa shape index (κ1) is 29.5. The van der Waals surface area contributed by atoms with Crippen molar-refractivity contribution in [3.05, 3.63) is 176 Å². The van der Waals surface area contributed by atoms with Gasteiger partial charge in [0.05, 0.1) is 21.5 Å². The number of rotatable bonds is 5. The molecule has 4 heteroatoms. The van der Waals surface area contributed by atoms with Crippen LogP contribution in [0.15, 0.2) is 180 Å². The minimum absolute atomic E-state index is 0.881. The van der Waals surface area contributed by atoms with Crippen molar-refractivity contribution < 1.29 is 4.42 Å². The van der Waals surface area contributed by atoms with Gasteiger partial charge in [-0.2, -0.15) is 0 Å². The van der Waals surface area contributed by atoms with Gasteiger partial charge in [-0.1, -0.05) is 133 Å². The van der Waals surface area contributed by atoms with Crippen LogP contribution in [0.25, 0.3) is 84.5 Å². The van der Waals surface area contributed by atoms with E-state index in [0.29, 0.717) is 0 Å². The number of fused-ring (bicyclic) bond motifs is 9. The average molecular weight is 700 g/mol. The number of thiophene rings is 2. The Balaban J connectivity index is 1.15. The second-order valence-electron chi connectivity index (χ2n) is 13.2. The average Bonchev–Trinajstić information content (AvgIpc) is 3.91. The van der Waals surface area contributed by atoms with Gasteiger partial charge in [-0.15, -0.1) is 22.7 Å². The second kappa shape index (κ2) is 11.7. The highest BCUT2D eigenvalue weighted by atomic mass is 32.1. The van der Waals surface area contributed by atoms with Crippen LogP contribution in [0.4, 0.5) is 17.1 Å². The van der Waals surface area contributed by atoms with Gasteiger partial charge in [0.25, 0.3) is 0 Å². The van der Waals surface area contributed by atoms with Gasteiger partial charge in [0.2, 0.25) is 0 Å². The molecule has 0 aliphatic carbocycles. The summed E-state index contributed by atoms with van der Waals surface area (Å²) in [6, 6.07) is 63.5. The first-order valence-electron chi connectivity index (χ1n) is 17.5. The number of benzene rings is 8. The molecule has 0 saturated heterocycles. The molecule has 244 valence electrons. The molecule has 0 atom stereocenters. The number of furan rings is 1. The van der Waals surface area contributed by atoms with Gasteiger partial charge < -0.3 is 9.32 Å². The molecule has 0 radical (unpaired) electrons. The Morgan fingerprint density at radius 3 is 1.73 bits per heavy atom. The summed E-state index contributed by atoms with van der Waals surface area (Å²) in [4.78, 5) is 2.44. The summed E-state index contributed by atoms with van der Waals surface area (Å²) in [6.45, 7) is 0. The third-order valence-corrected chi connectivity index (χ3v) is 12.8. The Kier molecular flexibility index (Phi) is 6.63. The lowest BCUT2D eigenvalue weighted by Gasteiger charge is -2.27. The van der Waals surface area contributed by atoms with Crippen molar-refractivity contribution in [1.82, 2.24) is 0 Å². The van der Waals surface area contributed by atoms with Gasteiger partial charge in [0, 0.05) is 46.7 Å². The van der Waals surface area contributed by atoms with Crippen LogP contribution in [0.3, 0.4) is 0 Å². The van der Waals surface area contributed by atoms with Crippen molar-refractivity contribution in [2.24, 2.45) is 0 Å². The highest BCUT2D eigenvalue weighted by Gasteiger charge is 2.23. The fourth-order valence-corrected chi connectivity index (χ4v) is 10.5. The molecule has 3 aromatic heterocycles. The van der Waals surface area contributed by atoms with Gasteiger partial charge in [-0.05, 0) is 64.7 Å². The van der Waals surface area contributed by atoms with E-state index in [9.17, 15) is 0 Å². The molecule has 0 unspecified atom stereocenters. The molecule has 11 rings (SSSR count). The second-order valence-corrected chi connectivity index (χ2v) is 15.3. The standard InChI is InChI=1S/C48H29NOS2/c1-2-12-30(13-3-1)33-16-9-19-37-38-20-10-22-41(48(38)52-47(33)37)49(40-21-11-24-43-45(40)39-15-4-6-23-42(39)50-43)32-28-26-31(27-29-32)34-17-8-18-36-35-14-5-7-25-44(35)51-46(34)36/h1-29H. The quantitative estimate of drug-likeness (QED) is 0.178. The molecule has 3 heterocycles. The Morgan fingerprint density at radius 2 is 0.923 bits per heavy atom. The SMILES string of the molecule is c1ccc(-c2cccc3c2sc2c(N(c4ccc(-c5cccc6c5sc5ccccc56)cc4)c4cccc5oc6ccccc6c45)cccc23)cc1. The lowest BCUT2D eigenvalue weighted by Crippen LogP contribution is -2.10. The first-order chi connectivity index (χ1) is 25.8. The Hall–Kier alpha value is -6.20. The van der Waals surface area contributed by atoms with Crippen LogP contribution in [0.1, 0.15) is 0 Å². The zero-order valence-electron chi connectivity index (χ0n) is 27.9. The van der Waals surface area contributed by atoms with E-state index in [4.69, 9.17) is 4.42 Å². The third kappa shape index (κ3) is 4.48. The molecule has 2 nitrogen and oxygen atoms in total. The van der Waals surface area contributed by atoms with E-state index in [1.165, 1.54) is 62.6 Å². The normalized spacial score (nSPS) is 11.8. The minimum Gasteiger partial charge on any atom is -0.456 e. The fourth-order valence-electron chi connectivity index (χ4n) is 7.94. The molecule has 0 N–H and O–H groups in total. The van der Waals surface area contributed by atoms with Crippen LogP contribution in [-0.4, -0.2) is 0 Å². The number of anilines is 3. The highest BCUT2D eigenvalue weighted by Crippen LogP contribution is 2.50. The molecule has 52 heavy (non-hydrogen) atoms. The molecular formula is C48H29NOS2. The van der Waals surface area contributed by atoms with Crippen molar-refractivity contribution in [3.8, 4) is 22.3 Å². The van der Waals surface area contributed by atoms with Crippen LogP contribution in [0.2, 0.25) is 0 Å². The van der Waals surface area contributed by atoms with Crippen LogP contribution in [0.5, 0.6) is 0 Å². The zero-order chi connectivity index (χ0) is 34.2. The van der Waals surface area contributed by atoms with Crippen LogP contribution in [0, 0.1) is 0 Å². The van der Waals surface area contributed by atoms with Crippen LogP contribution >= 0.6 is 22.7 Å². The van der Waals surface area contributed by atoms with E-state index < -0.39 is 0 Å². The smallest absolute Gasteiger partial charge is 0.137 e. The summed E-state index contributed by atoms with van der Waals surface area (Å²) in [6.07, 6.45) is 0. The largest absolute Gasteiger partial charge is 0.456 e. The van der Waals surface area contributed by atoms with Crippen molar-refractivity contribution in [2.45, 2.75) is 0 Å². The van der Waals surface area contributed by atoms with Gasteiger partial charge in [0.15, 0.2) is 0 Å². The lowest BCUT2D eigenvalue weighted by molar-refractivity contribution is 0.669. The number of hydrogen-bond acceptors (Lipinski definition) is 4. The Labute approximate surface area is 308 Å². The summed E-state index contributed by atoms with van der Waals surface area (Å²) in [5.41, 5.74) is 10.1. The summed E-state index contributed by atoms with van der Waals surface area (Å²) in [7, 11) is 0. The number of hydrogen-bond donors (Lipinski definition) is 0. The summed E-state index contributed by atoms with van der Waals surface area (Å²) in [5, 5.41) is 7.40. The van der Waals surface area contributed by atoms with Crippen molar-refractivity contribution >= 4 is 102 Å². The first-order valence-corrected chi connectivity index (χ1v) is 19.1.